The summed E-state index contributed by atoms with van der Waals surface area (Å²) in [6, 6.07) is 0. The minimum absolute atomic E-state index is 0.0273. The van der Waals surface area contributed by atoms with Crippen LogP contribution in [0.3, 0.4) is 0 Å². The second kappa shape index (κ2) is 5.64. The molecule has 0 saturated heterocycles. The number of esters is 1. The van der Waals surface area contributed by atoms with E-state index in [4.69, 9.17) is 4.74 Å². The second-order valence-electron chi connectivity index (χ2n) is 5.45. The summed E-state index contributed by atoms with van der Waals surface area (Å²) in [6.45, 7) is 10.6. The van der Waals surface area contributed by atoms with Crippen LogP contribution in [0.25, 0.3) is 0 Å². The molecule has 16 heavy (non-hydrogen) atoms. The fraction of sp³-hybridized carbons (Fsp3) is 0.917. The second-order valence-corrected chi connectivity index (χ2v) is 5.45. The Hall–Kier alpha value is -0.610. The lowest BCUT2D eigenvalue weighted by molar-refractivity contribution is -0.195. The van der Waals surface area contributed by atoms with Crippen molar-refractivity contribution >= 4 is 5.97 Å². The van der Waals surface area contributed by atoms with E-state index >= 15 is 0 Å². The Morgan fingerprint density at radius 3 is 1.81 bits per heavy atom. The highest BCUT2D eigenvalue weighted by Crippen LogP contribution is 2.32. The molecule has 0 aromatic carbocycles. The van der Waals surface area contributed by atoms with Gasteiger partial charge in [-0.05, 0) is 5.92 Å². The van der Waals surface area contributed by atoms with Gasteiger partial charge in [-0.1, -0.05) is 41.5 Å². The SMILES string of the molecule is CC(C)C(=O)OC(C(C)C)C(C)(C)C(O)O. The van der Waals surface area contributed by atoms with Crippen LogP contribution in [0, 0.1) is 17.3 Å². The highest BCUT2D eigenvalue weighted by Gasteiger charge is 2.40. The maximum atomic E-state index is 11.5. The van der Waals surface area contributed by atoms with Crippen LogP contribution < -0.4 is 0 Å². The van der Waals surface area contributed by atoms with Crippen molar-refractivity contribution in [3.63, 3.8) is 0 Å². The Labute approximate surface area is 97.6 Å². The number of aliphatic hydroxyl groups is 2. The van der Waals surface area contributed by atoms with Gasteiger partial charge in [-0.2, -0.15) is 0 Å². The van der Waals surface area contributed by atoms with Gasteiger partial charge in [0.05, 0.1) is 11.3 Å². The molecule has 96 valence electrons. The average molecular weight is 232 g/mol. The van der Waals surface area contributed by atoms with E-state index in [1.165, 1.54) is 0 Å². The van der Waals surface area contributed by atoms with E-state index < -0.39 is 17.8 Å². The van der Waals surface area contributed by atoms with Crippen molar-refractivity contribution in [1.29, 1.82) is 0 Å². The van der Waals surface area contributed by atoms with Crippen molar-refractivity contribution < 1.29 is 19.7 Å². The third kappa shape index (κ3) is 3.76. The maximum absolute atomic E-state index is 11.5. The van der Waals surface area contributed by atoms with E-state index in [9.17, 15) is 15.0 Å². The lowest BCUT2D eigenvalue weighted by atomic mass is 9.80. The quantitative estimate of drug-likeness (QED) is 0.557. The smallest absolute Gasteiger partial charge is 0.308 e. The largest absolute Gasteiger partial charge is 0.461 e. The van der Waals surface area contributed by atoms with Crippen LogP contribution in [0.5, 0.6) is 0 Å². The van der Waals surface area contributed by atoms with Gasteiger partial charge >= 0.3 is 5.97 Å². The molecule has 0 aromatic rings. The first-order valence-corrected chi connectivity index (χ1v) is 5.67. The normalized spacial score (nSPS) is 14.7. The third-order valence-corrected chi connectivity index (χ3v) is 2.72. The first-order chi connectivity index (χ1) is 7.10. The molecule has 1 atom stereocenters. The fourth-order valence-electron chi connectivity index (χ4n) is 1.56. The lowest BCUT2D eigenvalue weighted by Crippen LogP contribution is -2.46. The molecule has 2 N–H and O–H groups in total. The maximum Gasteiger partial charge on any atom is 0.308 e. The summed E-state index contributed by atoms with van der Waals surface area (Å²) in [7, 11) is 0. The van der Waals surface area contributed by atoms with E-state index in [-0.39, 0.29) is 17.8 Å². The molecular formula is C12H24O4. The zero-order valence-electron chi connectivity index (χ0n) is 11.0. The number of carbonyl (C=O) groups excluding carboxylic acids is 1. The molecule has 4 heteroatoms. The van der Waals surface area contributed by atoms with Crippen LogP contribution in [-0.4, -0.2) is 28.6 Å². The average Bonchev–Trinajstić information content (AvgIpc) is 2.12. The van der Waals surface area contributed by atoms with Gasteiger partial charge in [-0.15, -0.1) is 0 Å². The number of hydrogen-bond donors (Lipinski definition) is 2. The summed E-state index contributed by atoms with van der Waals surface area (Å²) in [5, 5.41) is 18.6. The summed E-state index contributed by atoms with van der Waals surface area (Å²) in [5.41, 5.74) is -0.876. The number of carbonyl (C=O) groups is 1. The van der Waals surface area contributed by atoms with E-state index in [0.717, 1.165) is 0 Å². The van der Waals surface area contributed by atoms with Crippen molar-refractivity contribution in [3.05, 3.63) is 0 Å². The standard InChI is InChI=1S/C12H24O4/c1-7(2)9(12(5,6)11(14)15)16-10(13)8(3)4/h7-9,11,14-15H,1-6H3. The molecule has 0 aromatic heterocycles. The summed E-state index contributed by atoms with van der Waals surface area (Å²) < 4.78 is 5.34. The molecular weight excluding hydrogens is 208 g/mol. The zero-order valence-corrected chi connectivity index (χ0v) is 11.0. The molecule has 0 saturated carbocycles. The van der Waals surface area contributed by atoms with Gasteiger partial charge in [0.1, 0.15) is 6.10 Å². The van der Waals surface area contributed by atoms with Crippen LogP contribution in [0.4, 0.5) is 0 Å². The molecule has 0 aliphatic carbocycles. The Bertz CT molecular complexity index is 231. The fourth-order valence-corrected chi connectivity index (χ4v) is 1.56. The summed E-state index contributed by atoms with van der Waals surface area (Å²) in [4.78, 5) is 11.5. The Morgan fingerprint density at radius 2 is 1.56 bits per heavy atom. The van der Waals surface area contributed by atoms with Crippen molar-refractivity contribution in [1.82, 2.24) is 0 Å². The van der Waals surface area contributed by atoms with Crippen LogP contribution in [0.1, 0.15) is 41.5 Å². The van der Waals surface area contributed by atoms with Crippen LogP contribution in [0.2, 0.25) is 0 Å². The van der Waals surface area contributed by atoms with Gasteiger partial charge in [-0.3, -0.25) is 4.79 Å². The van der Waals surface area contributed by atoms with E-state index in [1.54, 1.807) is 27.7 Å². The lowest BCUT2D eigenvalue weighted by Gasteiger charge is -2.37. The van der Waals surface area contributed by atoms with Gasteiger partial charge in [0.2, 0.25) is 0 Å². The molecule has 0 amide bonds. The molecule has 1 unspecified atom stereocenters. The molecule has 0 aliphatic heterocycles. The number of ether oxygens (including phenoxy) is 1. The van der Waals surface area contributed by atoms with Crippen molar-refractivity contribution in [2.75, 3.05) is 0 Å². The zero-order chi connectivity index (χ0) is 13.1. The molecule has 0 bridgehead atoms. The number of aliphatic hydroxyl groups excluding tert-OH is 1. The first-order valence-electron chi connectivity index (χ1n) is 5.67. The van der Waals surface area contributed by atoms with Crippen LogP contribution >= 0.6 is 0 Å². The third-order valence-electron chi connectivity index (χ3n) is 2.72. The Morgan fingerprint density at radius 1 is 1.12 bits per heavy atom. The van der Waals surface area contributed by atoms with Gasteiger partial charge < -0.3 is 14.9 Å². The predicted octanol–water partition coefficient (Wildman–Crippen LogP) is 1.55. The Kier molecular flexibility index (Phi) is 5.42. The van der Waals surface area contributed by atoms with Gasteiger partial charge in [0, 0.05) is 0 Å². The summed E-state index contributed by atoms with van der Waals surface area (Å²) in [5.74, 6) is -0.500. The summed E-state index contributed by atoms with van der Waals surface area (Å²) >= 11 is 0. The number of hydrogen-bond acceptors (Lipinski definition) is 4. The van der Waals surface area contributed by atoms with Gasteiger partial charge in [0.25, 0.3) is 0 Å². The van der Waals surface area contributed by atoms with Crippen molar-refractivity contribution in [3.8, 4) is 0 Å². The van der Waals surface area contributed by atoms with E-state index in [0.29, 0.717) is 0 Å². The molecule has 0 rings (SSSR count). The predicted molar refractivity (Wildman–Crippen MR) is 61.6 cm³/mol. The highest BCUT2D eigenvalue weighted by molar-refractivity contribution is 5.71. The molecule has 4 nitrogen and oxygen atoms in total. The molecule has 0 spiro atoms. The minimum atomic E-state index is -1.51. The van der Waals surface area contributed by atoms with Crippen molar-refractivity contribution in [2.45, 2.75) is 53.9 Å². The topological polar surface area (TPSA) is 66.8 Å². The van der Waals surface area contributed by atoms with Gasteiger partial charge in [0.15, 0.2) is 6.29 Å². The van der Waals surface area contributed by atoms with Crippen LogP contribution in [0.15, 0.2) is 0 Å². The van der Waals surface area contributed by atoms with Gasteiger partial charge in [-0.25, -0.2) is 0 Å². The van der Waals surface area contributed by atoms with E-state index in [2.05, 4.69) is 0 Å². The Balaban J connectivity index is 4.82. The highest BCUT2D eigenvalue weighted by atomic mass is 16.6. The van der Waals surface area contributed by atoms with Crippen LogP contribution in [-0.2, 0) is 9.53 Å². The summed E-state index contributed by atoms with van der Waals surface area (Å²) in [6.07, 6.45) is -2.03. The molecule has 0 fully saturated rings. The number of rotatable bonds is 5. The molecule has 0 radical (unpaired) electrons. The minimum Gasteiger partial charge on any atom is -0.461 e. The monoisotopic (exact) mass is 232 g/mol. The first kappa shape index (κ1) is 15.4. The van der Waals surface area contributed by atoms with Crippen molar-refractivity contribution in [2.24, 2.45) is 17.3 Å². The van der Waals surface area contributed by atoms with E-state index in [1.807, 2.05) is 13.8 Å². The molecule has 0 heterocycles. The molecule has 0 aliphatic rings.